The van der Waals surface area contributed by atoms with E-state index in [-0.39, 0.29) is 18.4 Å². The summed E-state index contributed by atoms with van der Waals surface area (Å²) >= 11 is 0. The lowest BCUT2D eigenvalue weighted by atomic mass is 10.0. The molecule has 2 N–H and O–H groups in total. The Morgan fingerprint density at radius 2 is 2.28 bits per heavy atom. The van der Waals surface area contributed by atoms with E-state index in [4.69, 9.17) is 16.9 Å². The lowest BCUT2D eigenvalue weighted by Crippen LogP contribution is -2.48. The summed E-state index contributed by atoms with van der Waals surface area (Å²) in [5, 5.41) is 0. The molecule has 1 aromatic rings. The molecule has 0 aromatic heterocycles. The summed E-state index contributed by atoms with van der Waals surface area (Å²) in [4.78, 5) is 13.8. The van der Waals surface area contributed by atoms with Crippen molar-refractivity contribution in [1.82, 2.24) is 0 Å². The number of nitrogen functional groups attached to an aromatic ring is 1. The molecule has 1 aliphatic rings. The molecule has 1 heterocycles. The molecule has 1 unspecified atom stereocenters. The van der Waals surface area contributed by atoms with Crippen LogP contribution in [0, 0.1) is 18.3 Å². The topological polar surface area (TPSA) is 55.6 Å². The van der Waals surface area contributed by atoms with E-state index in [1.165, 1.54) is 4.90 Å². The van der Waals surface area contributed by atoms with Crippen molar-refractivity contribution in [2.24, 2.45) is 5.92 Å². The van der Waals surface area contributed by atoms with Gasteiger partial charge < -0.3 is 10.5 Å². The van der Waals surface area contributed by atoms with Gasteiger partial charge in [0.15, 0.2) is 6.10 Å². The van der Waals surface area contributed by atoms with Gasteiger partial charge in [0.25, 0.3) is 5.91 Å². The Hall–Kier alpha value is -2.15. The van der Waals surface area contributed by atoms with Crippen molar-refractivity contribution in [3.8, 4) is 18.1 Å². The van der Waals surface area contributed by atoms with Crippen LogP contribution in [0.1, 0.15) is 13.8 Å². The molecule has 1 aliphatic heterocycles. The number of hydrogen-bond acceptors (Lipinski definition) is 3. The number of terminal acetylenes is 1. The smallest absolute Gasteiger partial charge is 0.269 e. The van der Waals surface area contributed by atoms with Crippen LogP contribution in [-0.2, 0) is 4.79 Å². The van der Waals surface area contributed by atoms with Crippen LogP contribution in [0.3, 0.4) is 0 Å². The van der Waals surface area contributed by atoms with E-state index in [1.54, 1.807) is 18.2 Å². The van der Waals surface area contributed by atoms with Gasteiger partial charge in [0.1, 0.15) is 11.4 Å². The lowest BCUT2D eigenvalue weighted by molar-refractivity contribution is -0.128. The predicted octanol–water partition coefficient (Wildman–Crippen LogP) is 1.65. The zero-order valence-corrected chi connectivity index (χ0v) is 10.5. The summed E-state index contributed by atoms with van der Waals surface area (Å²) in [6.07, 6.45) is 4.82. The van der Waals surface area contributed by atoms with E-state index >= 15 is 0 Å². The van der Waals surface area contributed by atoms with Gasteiger partial charge in [-0.3, -0.25) is 9.69 Å². The van der Waals surface area contributed by atoms with Crippen molar-refractivity contribution in [1.29, 1.82) is 0 Å². The number of hydrogen-bond donors (Lipinski definition) is 1. The van der Waals surface area contributed by atoms with E-state index in [9.17, 15) is 4.79 Å². The van der Waals surface area contributed by atoms with Gasteiger partial charge in [0.05, 0.1) is 12.2 Å². The van der Waals surface area contributed by atoms with Crippen molar-refractivity contribution in [3.05, 3.63) is 18.2 Å². The molecule has 0 bridgehead atoms. The maximum absolute atomic E-state index is 12.3. The molecular formula is C14H16N2O2. The van der Waals surface area contributed by atoms with Gasteiger partial charge in [0, 0.05) is 0 Å². The van der Waals surface area contributed by atoms with Crippen molar-refractivity contribution in [2.45, 2.75) is 20.0 Å². The molecule has 2 rings (SSSR count). The number of ether oxygens (including phenoxy) is 1. The van der Waals surface area contributed by atoms with Crippen LogP contribution in [-0.4, -0.2) is 18.6 Å². The Morgan fingerprint density at radius 3 is 2.89 bits per heavy atom. The summed E-state index contributed by atoms with van der Waals surface area (Å²) < 4.78 is 5.72. The van der Waals surface area contributed by atoms with Crippen LogP contribution in [0.4, 0.5) is 11.4 Å². The van der Waals surface area contributed by atoms with E-state index in [0.29, 0.717) is 17.1 Å². The summed E-state index contributed by atoms with van der Waals surface area (Å²) in [5.41, 5.74) is 6.98. The van der Waals surface area contributed by atoms with Gasteiger partial charge in [-0.2, -0.15) is 0 Å². The fourth-order valence-electron chi connectivity index (χ4n) is 2.04. The SMILES string of the molecule is C#CCN1C(=O)C(C(C)C)Oc2cccc(N)c21. The summed E-state index contributed by atoms with van der Waals surface area (Å²) in [5.74, 6) is 3.05. The minimum Gasteiger partial charge on any atom is -0.478 e. The minimum atomic E-state index is -0.507. The van der Waals surface area contributed by atoms with Crippen molar-refractivity contribution in [2.75, 3.05) is 17.2 Å². The number of fused-ring (bicyclic) bond motifs is 1. The number of carbonyl (C=O) groups is 1. The third kappa shape index (κ3) is 1.88. The third-order valence-corrected chi connectivity index (χ3v) is 2.92. The fourth-order valence-corrected chi connectivity index (χ4v) is 2.04. The summed E-state index contributed by atoms with van der Waals surface area (Å²) in [6, 6.07) is 5.33. The standard InChI is InChI=1S/C14H16N2O2/c1-4-8-16-12-10(15)6-5-7-11(12)18-13(9(2)3)14(16)17/h1,5-7,9,13H,8,15H2,2-3H3. The molecule has 94 valence electrons. The first-order chi connectivity index (χ1) is 8.56. The van der Waals surface area contributed by atoms with Gasteiger partial charge in [0.2, 0.25) is 0 Å². The second-order valence-corrected chi connectivity index (χ2v) is 4.60. The molecule has 1 atom stereocenters. The molecule has 0 saturated heterocycles. The molecule has 4 heteroatoms. The second kappa shape index (κ2) is 4.61. The Morgan fingerprint density at radius 1 is 1.56 bits per heavy atom. The van der Waals surface area contributed by atoms with E-state index in [0.717, 1.165) is 0 Å². The van der Waals surface area contributed by atoms with E-state index in [1.807, 2.05) is 13.8 Å². The largest absolute Gasteiger partial charge is 0.478 e. The zero-order valence-electron chi connectivity index (χ0n) is 10.5. The highest BCUT2D eigenvalue weighted by molar-refractivity contribution is 6.03. The van der Waals surface area contributed by atoms with Gasteiger partial charge in [-0.05, 0) is 18.1 Å². The first-order valence-electron chi connectivity index (χ1n) is 5.86. The highest BCUT2D eigenvalue weighted by atomic mass is 16.5. The van der Waals surface area contributed by atoms with Crippen LogP contribution >= 0.6 is 0 Å². The summed E-state index contributed by atoms with van der Waals surface area (Å²) in [7, 11) is 0. The Bertz CT molecular complexity index is 517. The molecule has 0 aliphatic carbocycles. The van der Waals surface area contributed by atoms with E-state index < -0.39 is 6.10 Å². The number of para-hydroxylation sites is 1. The first-order valence-corrected chi connectivity index (χ1v) is 5.86. The fraction of sp³-hybridized carbons (Fsp3) is 0.357. The minimum absolute atomic E-state index is 0.0763. The monoisotopic (exact) mass is 244 g/mol. The molecule has 0 fully saturated rings. The molecule has 4 nitrogen and oxygen atoms in total. The first kappa shape index (κ1) is 12.3. The number of anilines is 2. The van der Waals surface area contributed by atoms with Gasteiger partial charge in [-0.25, -0.2) is 0 Å². The van der Waals surface area contributed by atoms with Crippen molar-refractivity contribution in [3.63, 3.8) is 0 Å². The van der Waals surface area contributed by atoms with Crippen LogP contribution < -0.4 is 15.4 Å². The van der Waals surface area contributed by atoms with Crippen molar-refractivity contribution >= 4 is 17.3 Å². The number of carbonyl (C=O) groups excluding carboxylic acids is 1. The van der Waals surface area contributed by atoms with Crippen LogP contribution in [0.5, 0.6) is 5.75 Å². The quantitative estimate of drug-likeness (QED) is 0.635. The van der Waals surface area contributed by atoms with Crippen LogP contribution in [0.25, 0.3) is 0 Å². The highest BCUT2D eigenvalue weighted by Gasteiger charge is 2.36. The predicted molar refractivity (Wildman–Crippen MR) is 71.3 cm³/mol. The molecule has 1 amide bonds. The van der Waals surface area contributed by atoms with Gasteiger partial charge in [-0.1, -0.05) is 25.8 Å². The third-order valence-electron chi connectivity index (χ3n) is 2.92. The molecule has 0 saturated carbocycles. The number of rotatable bonds is 2. The maximum Gasteiger partial charge on any atom is 0.269 e. The Labute approximate surface area is 107 Å². The number of amides is 1. The highest BCUT2D eigenvalue weighted by Crippen LogP contribution is 2.39. The Balaban J connectivity index is 2.52. The molecular weight excluding hydrogens is 228 g/mol. The summed E-state index contributed by atoms with van der Waals surface area (Å²) in [6.45, 7) is 4.08. The average Bonchev–Trinajstić information content (AvgIpc) is 2.32. The van der Waals surface area contributed by atoms with Gasteiger partial charge >= 0.3 is 0 Å². The number of benzene rings is 1. The van der Waals surface area contributed by atoms with Gasteiger partial charge in [-0.15, -0.1) is 6.42 Å². The second-order valence-electron chi connectivity index (χ2n) is 4.60. The molecule has 1 aromatic carbocycles. The number of nitrogens with zero attached hydrogens (tertiary/aromatic N) is 1. The average molecular weight is 244 g/mol. The molecule has 18 heavy (non-hydrogen) atoms. The Kier molecular flexibility index (Phi) is 3.15. The molecule has 0 spiro atoms. The lowest BCUT2D eigenvalue weighted by Gasteiger charge is -2.35. The number of nitrogens with two attached hydrogens (primary N) is 1. The zero-order chi connectivity index (χ0) is 13.3. The van der Waals surface area contributed by atoms with Crippen molar-refractivity contribution < 1.29 is 9.53 Å². The maximum atomic E-state index is 12.3. The molecule has 0 radical (unpaired) electrons. The normalized spacial score (nSPS) is 18.2. The van der Waals surface area contributed by atoms with E-state index in [2.05, 4.69) is 5.92 Å². The van der Waals surface area contributed by atoms with Crippen LogP contribution in [0.2, 0.25) is 0 Å². The van der Waals surface area contributed by atoms with Crippen LogP contribution in [0.15, 0.2) is 18.2 Å².